The summed E-state index contributed by atoms with van der Waals surface area (Å²) in [5, 5.41) is 5.62. The van der Waals surface area contributed by atoms with E-state index in [2.05, 4.69) is 10.3 Å². The van der Waals surface area contributed by atoms with Crippen molar-refractivity contribution in [2.75, 3.05) is 11.9 Å². The zero-order valence-electron chi connectivity index (χ0n) is 15.0. The van der Waals surface area contributed by atoms with E-state index < -0.39 is 5.97 Å². The molecule has 0 spiro atoms. The molecule has 0 unspecified atom stereocenters. The number of carbonyl (C=O) groups excluding carboxylic acids is 2. The summed E-state index contributed by atoms with van der Waals surface area (Å²) in [4.78, 5) is 42.7. The molecular formula is C18H19N3O4S2. The Kier molecular flexibility index (Phi) is 6.02. The van der Waals surface area contributed by atoms with Crippen LogP contribution in [0.5, 0.6) is 0 Å². The predicted octanol–water partition coefficient (Wildman–Crippen LogP) is 3.29. The first kappa shape index (κ1) is 19.2. The Morgan fingerprint density at radius 3 is 2.89 bits per heavy atom. The summed E-state index contributed by atoms with van der Waals surface area (Å²) in [5.41, 5.74) is 0.205. The van der Waals surface area contributed by atoms with Crippen LogP contribution in [-0.2, 0) is 22.5 Å². The van der Waals surface area contributed by atoms with Crippen LogP contribution >= 0.6 is 22.7 Å². The Morgan fingerprint density at radius 2 is 2.15 bits per heavy atom. The number of hydrogen-bond acceptors (Lipinski definition) is 7. The lowest BCUT2D eigenvalue weighted by Gasteiger charge is -2.07. The molecule has 0 bridgehead atoms. The molecule has 142 valence electrons. The molecule has 3 rings (SSSR count). The van der Waals surface area contributed by atoms with E-state index in [9.17, 15) is 14.4 Å². The molecule has 0 atom stereocenters. The number of aryl methyl sites for hydroxylation is 2. The van der Waals surface area contributed by atoms with Gasteiger partial charge in [0.05, 0.1) is 23.9 Å². The van der Waals surface area contributed by atoms with Gasteiger partial charge in [-0.15, -0.1) is 22.7 Å². The minimum absolute atomic E-state index is 0.0961. The monoisotopic (exact) mass is 405 g/mol. The number of ether oxygens (including phenoxy) is 1. The number of nitrogens with one attached hydrogen (secondary N) is 1. The third kappa shape index (κ3) is 4.25. The van der Waals surface area contributed by atoms with E-state index in [0.717, 1.165) is 11.3 Å². The Morgan fingerprint density at radius 1 is 1.33 bits per heavy atom. The van der Waals surface area contributed by atoms with Crippen LogP contribution in [0.4, 0.5) is 5.00 Å². The molecule has 0 aliphatic heterocycles. The lowest BCUT2D eigenvalue weighted by atomic mass is 10.2. The maximum Gasteiger partial charge on any atom is 0.341 e. The fourth-order valence-electron chi connectivity index (χ4n) is 2.53. The second kappa shape index (κ2) is 8.45. The first-order valence-corrected chi connectivity index (χ1v) is 10.2. The van der Waals surface area contributed by atoms with Crippen molar-refractivity contribution in [3.63, 3.8) is 0 Å². The lowest BCUT2D eigenvalue weighted by molar-refractivity contribution is -0.116. The quantitative estimate of drug-likeness (QED) is 0.609. The van der Waals surface area contributed by atoms with Crippen molar-refractivity contribution in [3.05, 3.63) is 44.6 Å². The highest BCUT2D eigenvalue weighted by atomic mass is 32.1. The maximum atomic E-state index is 12.4. The lowest BCUT2D eigenvalue weighted by Crippen LogP contribution is -2.23. The van der Waals surface area contributed by atoms with Gasteiger partial charge in [-0.25, -0.2) is 9.78 Å². The van der Waals surface area contributed by atoms with E-state index in [1.807, 2.05) is 12.3 Å². The predicted molar refractivity (Wildman–Crippen MR) is 107 cm³/mol. The van der Waals surface area contributed by atoms with Crippen LogP contribution in [0, 0.1) is 0 Å². The van der Waals surface area contributed by atoms with Crippen LogP contribution in [0.2, 0.25) is 0 Å². The van der Waals surface area contributed by atoms with Gasteiger partial charge in [0.1, 0.15) is 9.83 Å². The summed E-state index contributed by atoms with van der Waals surface area (Å²) < 4.78 is 6.47. The van der Waals surface area contributed by atoms with Crippen molar-refractivity contribution >= 4 is 49.8 Å². The van der Waals surface area contributed by atoms with Gasteiger partial charge in [-0.1, -0.05) is 6.92 Å². The molecule has 9 heteroatoms. The van der Waals surface area contributed by atoms with Crippen molar-refractivity contribution in [1.29, 1.82) is 0 Å². The first-order valence-electron chi connectivity index (χ1n) is 8.55. The van der Waals surface area contributed by atoms with Gasteiger partial charge in [0.15, 0.2) is 0 Å². The third-order valence-electron chi connectivity index (χ3n) is 3.91. The Bertz CT molecular complexity index is 1030. The number of thiophene rings is 2. The highest BCUT2D eigenvalue weighted by molar-refractivity contribution is 7.17. The van der Waals surface area contributed by atoms with Gasteiger partial charge in [0, 0.05) is 17.8 Å². The number of amides is 1. The van der Waals surface area contributed by atoms with E-state index in [1.54, 1.807) is 19.1 Å². The van der Waals surface area contributed by atoms with E-state index >= 15 is 0 Å². The minimum Gasteiger partial charge on any atom is -0.462 e. The van der Waals surface area contributed by atoms with Crippen LogP contribution < -0.4 is 10.9 Å². The Hall–Kier alpha value is -2.52. The van der Waals surface area contributed by atoms with Crippen molar-refractivity contribution < 1.29 is 14.3 Å². The van der Waals surface area contributed by atoms with Crippen molar-refractivity contribution in [3.8, 4) is 0 Å². The molecule has 0 saturated carbocycles. The average molecular weight is 406 g/mol. The molecule has 1 amide bonds. The summed E-state index contributed by atoms with van der Waals surface area (Å²) in [6, 6.07) is 3.48. The largest absolute Gasteiger partial charge is 0.462 e. The number of anilines is 1. The molecule has 3 aromatic rings. The number of aromatic nitrogens is 2. The van der Waals surface area contributed by atoms with Crippen LogP contribution in [0.25, 0.3) is 10.2 Å². The molecule has 7 nitrogen and oxygen atoms in total. The van der Waals surface area contributed by atoms with Gasteiger partial charge in [0.25, 0.3) is 5.56 Å². The number of rotatable bonds is 7. The standard InChI is InChI=1S/C18H19N3O4S2/c1-3-11-9-13(18(24)25-4-2)16(27-11)20-14(22)5-7-21-10-19-15-12(17(21)23)6-8-26-15/h6,8-10H,3-5,7H2,1-2H3,(H,20,22). The van der Waals surface area contributed by atoms with Crippen molar-refractivity contribution in [1.82, 2.24) is 9.55 Å². The van der Waals surface area contributed by atoms with Gasteiger partial charge >= 0.3 is 5.97 Å². The summed E-state index contributed by atoms with van der Waals surface area (Å²) >= 11 is 2.76. The molecule has 0 aliphatic carbocycles. The summed E-state index contributed by atoms with van der Waals surface area (Å²) in [7, 11) is 0. The van der Waals surface area contributed by atoms with Crippen molar-refractivity contribution in [2.24, 2.45) is 0 Å². The zero-order valence-corrected chi connectivity index (χ0v) is 16.6. The zero-order chi connectivity index (χ0) is 19.4. The third-order valence-corrected chi connectivity index (χ3v) is 5.93. The van der Waals surface area contributed by atoms with Gasteiger partial charge in [0.2, 0.25) is 5.91 Å². The second-order valence-electron chi connectivity index (χ2n) is 5.71. The van der Waals surface area contributed by atoms with E-state index in [0.29, 0.717) is 20.8 Å². The Labute approximate surface area is 163 Å². The summed E-state index contributed by atoms with van der Waals surface area (Å²) in [6.07, 6.45) is 2.31. The molecule has 0 saturated heterocycles. The van der Waals surface area contributed by atoms with E-state index in [-0.39, 0.29) is 31.0 Å². The number of esters is 1. The molecule has 0 radical (unpaired) electrons. The molecule has 0 fully saturated rings. The Balaban J connectivity index is 1.70. The highest BCUT2D eigenvalue weighted by Gasteiger charge is 2.18. The summed E-state index contributed by atoms with van der Waals surface area (Å²) in [6.45, 7) is 4.19. The second-order valence-corrected chi connectivity index (χ2v) is 7.74. The van der Waals surface area contributed by atoms with Gasteiger partial charge in [-0.3, -0.25) is 14.2 Å². The van der Waals surface area contributed by atoms with Crippen LogP contribution in [0.1, 0.15) is 35.5 Å². The molecule has 27 heavy (non-hydrogen) atoms. The molecule has 0 aromatic carbocycles. The number of hydrogen-bond donors (Lipinski definition) is 1. The normalized spacial score (nSPS) is 10.9. The fourth-order valence-corrected chi connectivity index (χ4v) is 4.26. The fraction of sp³-hybridized carbons (Fsp3) is 0.333. The number of fused-ring (bicyclic) bond motifs is 1. The van der Waals surface area contributed by atoms with E-state index in [4.69, 9.17) is 4.74 Å². The summed E-state index contributed by atoms with van der Waals surface area (Å²) in [5.74, 6) is -0.727. The number of carbonyl (C=O) groups is 2. The number of nitrogens with zero attached hydrogens (tertiary/aromatic N) is 2. The minimum atomic E-state index is -0.452. The smallest absolute Gasteiger partial charge is 0.341 e. The van der Waals surface area contributed by atoms with Gasteiger partial charge in [-0.2, -0.15) is 0 Å². The first-order chi connectivity index (χ1) is 13.0. The topological polar surface area (TPSA) is 90.3 Å². The average Bonchev–Trinajstić information content (AvgIpc) is 3.28. The van der Waals surface area contributed by atoms with Gasteiger partial charge in [-0.05, 0) is 30.9 Å². The van der Waals surface area contributed by atoms with Gasteiger partial charge < -0.3 is 10.1 Å². The SMILES string of the molecule is CCOC(=O)c1cc(CC)sc1NC(=O)CCn1cnc2sccc2c1=O. The van der Waals surface area contributed by atoms with Crippen LogP contribution in [0.15, 0.2) is 28.6 Å². The van der Waals surface area contributed by atoms with Crippen molar-refractivity contribution in [2.45, 2.75) is 33.2 Å². The maximum absolute atomic E-state index is 12.4. The van der Waals surface area contributed by atoms with E-state index in [1.165, 1.54) is 33.6 Å². The molecule has 3 aromatic heterocycles. The van der Waals surface area contributed by atoms with Crippen LogP contribution in [0.3, 0.4) is 0 Å². The molecule has 3 heterocycles. The molecule has 1 N–H and O–H groups in total. The highest BCUT2D eigenvalue weighted by Crippen LogP contribution is 2.29. The molecular weight excluding hydrogens is 386 g/mol. The van der Waals surface area contributed by atoms with Crippen LogP contribution in [-0.4, -0.2) is 28.0 Å². The molecule has 0 aliphatic rings.